The molecule has 1 aromatic carbocycles. The lowest BCUT2D eigenvalue weighted by atomic mass is 10.0. The minimum Gasteiger partial charge on any atom is -0.496 e. The fraction of sp³-hybridized carbons (Fsp3) is 0.562. The predicted octanol–water partition coefficient (Wildman–Crippen LogP) is 1.73. The van der Waals surface area contributed by atoms with Crippen molar-refractivity contribution < 1.29 is 14.3 Å². The Kier molecular flexibility index (Phi) is 5.44. The van der Waals surface area contributed by atoms with Gasteiger partial charge in [-0.3, -0.25) is 4.79 Å². The minimum absolute atomic E-state index is 0.345. The van der Waals surface area contributed by atoms with Crippen molar-refractivity contribution in [1.29, 1.82) is 0 Å². The molecule has 0 aromatic heterocycles. The topological polar surface area (TPSA) is 64.8 Å². The van der Waals surface area contributed by atoms with Crippen LogP contribution in [0.1, 0.15) is 25.3 Å². The van der Waals surface area contributed by atoms with E-state index < -0.39 is 6.04 Å². The quantitative estimate of drug-likeness (QED) is 0.809. The standard InChI is InChI=1S/C16H24N2O3/c1-3-21-16(19)14(17)10-12-6-7-13(11-15(12)20-2)18-8-4-5-9-18/h6-7,11,14H,3-5,8-10,17H2,1-2H3. The number of esters is 1. The number of carbonyl (C=O) groups excluding carboxylic acids is 1. The van der Waals surface area contributed by atoms with Crippen molar-refractivity contribution in [3.05, 3.63) is 23.8 Å². The van der Waals surface area contributed by atoms with E-state index in [4.69, 9.17) is 15.2 Å². The zero-order valence-electron chi connectivity index (χ0n) is 12.8. The van der Waals surface area contributed by atoms with Crippen LogP contribution in [0.5, 0.6) is 5.75 Å². The third-order valence-electron chi connectivity index (χ3n) is 3.77. The summed E-state index contributed by atoms with van der Waals surface area (Å²) in [7, 11) is 1.64. The summed E-state index contributed by atoms with van der Waals surface area (Å²) in [6.07, 6.45) is 2.89. The van der Waals surface area contributed by atoms with Gasteiger partial charge in [0, 0.05) is 31.3 Å². The average Bonchev–Trinajstić information content (AvgIpc) is 3.02. The van der Waals surface area contributed by atoms with E-state index in [2.05, 4.69) is 11.0 Å². The molecular formula is C16H24N2O3. The van der Waals surface area contributed by atoms with E-state index in [1.807, 2.05) is 12.1 Å². The molecular weight excluding hydrogens is 268 g/mol. The normalized spacial score (nSPS) is 15.9. The van der Waals surface area contributed by atoms with Gasteiger partial charge in [-0.25, -0.2) is 0 Å². The Morgan fingerprint density at radius 2 is 2.10 bits per heavy atom. The highest BCUT2D eigenvalue weighted by Gasteiger charge is 2.19. The molecule has 1 aliphatic rings. The SMILES string of the molecule is CCOC(=O)C(N)Cc1ccc(N2CCCC2)cc1OC. The van der Waals surface area contributed by atoms with Crippen LogP contribution in [0.3, 0.4) is 0 Å². The van der Waals surface area contributed by atoms with Crippen LogP contribution < -0.4 is 15.4 Å². The van der Waals surface area contributed by atoms with Gasteiger partial charge >= 0.3 is 5.97 Å². The molecule has 2 rings (SSSR count). The van der Waals surface area contributed by atoms with Gasteiger partial charge in [0.1, 0.15) is 11.8 Å². The minimum atomic E-state index is -0.656. The van der Waals surface area contributed by atoms with Crippen molar-refractivity contribution in [2.45, 2.75) is 32.2 Å². The number of nitrogens with two attached hydrogens (primary N) is 1. The lowest BCUT2D eigenvalue weighted by Gasteiger charge is -2.20. The Morgan fingerprint density at radius 3 is 2.71 bits per heavy atom. The Bertz CT molecular complexity index is 484. The van der Waals surface area contributed by atoms with Crippen LogP contribution >= 0.6 is 0 Å². The fourth-order valence-corrected chi connectivity index (χ4v) is 2.64. The summed E-state index contributed by atoms with van der Waals surface area (Å²) in [6, 6.07) is 5.43. The van der Waals surface area contributed by atoms with Crippen molar-refractivity contribution in [2.75, 3.05) is 31.7 Å². The largest absolute Gasteiger partial charge is 0.496 e. The molecule has 1 unspecified atom stereocenters. The Labute approximate surface area is 126 Å². The van der Waals surface area contributed by atoms with Gasteiger partial charge in [-0.2, -0.15) is 0 Å². The van der Waals surface area contributed by atoms with Crippen LogP contribution in [-0.2, 0) is 16.0 Å². The van der Waals surface area contributed by atoms with Gasteiger partial charge < -0.3 is 20.1 Å². The molecule has 5 heteroatoms. The van der Waals surface area contributed by atoms with E-state index in [1.165, 1.54) is 12.8 Å². The first-order valence-electron chi connectivity index (χ1n) is 7.49. The highest BCUT2D eigenvalue weighted by molar-refractivity contribution is 5.76. The van der Waals surface area contributed by atoms with E-state index in [0.29, 0.717) is 13.0 Å². The molecule has 21 heavy (non-hydrogen) atoms. The summed E-state index contributed by atoms with van der Waals surface area (Å²) >= 11 is 0. The first kappa shape index (κ1) is 15.6. The van der Waals surface area contributed by atoms with Gasteiger partial charge in [0.15, 0.2) is 0 Å². The van der Waals surface area contributed by atoms with E-state index in [1.54, 1.807) is 14.0 Å². The molecule has 1 aromatic rings. The number of benzene rings is 1. The maximum absolute atomic E-state index is 11.6. The average molecular weight is 292 g/mol. The monoisotopic (exact) mass is 292 g/mol. The van der Waals surface area contributed by atoms with E-state index in [9.17, 15) is 4.79 Å². The summed E-state index contributed by atoms with van der Waals surface area (Å²) in [5, 5.41) is 0. The number of rotatable bonds is 6. The lowest BCUT2D eigenvalue weighted by Crippen LogP contribution is -2.34. The van der Waals surface area contributed by atoms with E-state index in [0.717, 1.165) is 30.1 Å². The maximum atomic E-state index is 11.6. The van der Waals surface area contributed by atoms with Crippen molar-refractivity contribution in [3.8, 4) is 5.75 Å². The zero-order chi connectivity index (χ0) is 15.2. The highest BCUT2D eigenvalue weighted by atomic mass is 16.5. The number of ether oxygens (including phenoxy) is 2. The number of hydrogen-bond acceptors (Lipinski definition) is 5. The highest BCUT2D eigenvalue weighted by Crippen LogP contribution is 2.28. The first-order valence-corrected chi connectivity index (χ1v) is 7.49. The Hall–Kier alpha value is -1.75. The van der Waals surface area contributed by atoms with Gasteiger partial charge in [-0.1, -0.05) is 6.07 Å². The van der Waals surface area contributed by atoms with E-state index in [-0.39, 0.29) is 5.97 Å². The van der Waals surface area contributed by atoms with Crippen molar-refractivity contribution >= 4 is 11.7 Å². The van der Waals surface area contributed by atoms with Crippen LogP contribution in [0.2, 0.25) is 0 Å². The molecule has 1 heterocycles. The molecule has 0 spiro atoms. The van der Waals surface area contributed by atoms with Gasteiger partial charge in [-0.05, 0) is 31.4 Å². The van der Waals surface area contributed by atoms with Gasteiger partial charge in [-0.15, -0.1) is 0 Å². The summed E-state index contributed by atoms with van der Waals surface area (Å²) in [4.78, 5) is 14.0. The lowest BCUT2D eigenvalue weighted by molar-refractivity contribution is -0.144. The number of anilines is 1. The molecule has 1 saturated heterocycles. The number of carbonyl (C=O) groups is 1. The molecule has 1 aliphatic heterocycles. The third-order valence-corrected chi connectivity index (χ3v) is 3.77. The third kappa shape index (κ3) is 3.88. The van der Waals surface area contributed by atoms with E-state index >= 15 is 0 Å². The van der Waals surface area contributed by atoms with Crippen LogP contribution in [0.4, 0.5) is 5.69 Å². The van der Waals surface area contributed by atoms with Crippen molar-refractivity contribution in [3.63, 3.8) is 0 Å². The molecule has 2 N–H and O–H groups in total. The Morgan fingerprint density at radius 1 is 1.38 bits per heavy atom. The molecule has 0 saturated carbocycles. The second-order valence-corrected chi connectivity index (χ2v) is 5.25. The summed E-state index contributed by atoms with van der Waals surface area (Å²) in [5.74, 6) is 0.405. The molecule has 1 fully saturated rings. The summed E-state index contributed by atoms with van der Waals surface area (Å²) < 4.78 is 10.4. The fourth-order valence-electron chi connectivity index (χ4n) is 2.64. The molecule has 5 nitrogen and oxygen atoms in total. The molecule has 0 radical (unpaired) electrons. The first-order chi connectivity index (χ1) is 10.2. The summed E-state index contributed by atoms with van der Waals surface area (Å²) in [6.45, 7) is 4.29. The summed E-state index contributed by atoms with van der Waals surface area (Å²) in [5.41, 5.74) is 7.97. The number of methoxy groups -OCH3 is 1. The Balaban J connectivity index is 2.10. The van der Waals surface area contributed by atoms with Crippen molar-refractivity contribution in [2.24, 2.45) is 5.73 Å². The smallest absolute Gasteiger partial charge is 0.323 e. The second kappa shape index (κ2) is 7.31. The second-order valence-electron chi connectivity index (χ2n) is 5.25. The van der Waals surface area contributed by atoms with Gasteiger partial charge in [0.2, 0.25) is 0 Å². The number of hydrogen-bond donors (Lipinski definition) is 1. The van der Waals surface area contributed by atoms with Crippen LogP contribution in [0.25, 0.3) is 0 Å². The number of nitrogens with zero attached hydrogens (tertiary/aromatic N) is 1. The predicted molar refractivity (Wildman–Crippen MR) is 82.8 cm³/mol. The van der Waals surface area contributed by atoms with Crippen LogP contribution in [0, 0.1) is 0 Å². The molecule has 0 amide bonds. The van der Waals surface area contributed by atoms with Crippen LogP contribution in [-0.4, -0.2) is 38.8 Å². The van der Waals surface area contributed by atoms with Crippen molar-refractivity contribution in [1.82, 2.24) is 0 Å². The zero-order valence-corrected chi connectivity index (χ0v) is 12.8. The van der Waals surface area contributed by atoms with Crippen LogP contribution in [0.15, 0.2) is 18.2 Å². The van der Waals surface area contributed by atoms with Gasteiger partial charge in [0.25, 0.3) is 0 Å². The maximum Gasteiger partial charge on any atom is 0.323 e. The molecule has 0 aliphatic carbocycles. The molecule has 116 valence electrons. The molecule has 1 atom stereocenters. The van der Waals surface area contributed by atoms with Gasteiger partial charge in [0.05, 0.1) is 13.7 Å². The molecule has 0 bridgehead atoms.